The highest BCUT2D eigenvalue weighted by Gasteiger charge is 2.21. The number of nitrogens with two attached hydrogens (primary N) is 1. The quantitative estimate of drug-likeness (QED) is 0.429. The van der Waals surface area contributed by atoms with Crippen molar-refractivity contribution in [3.05, 3.63) is 0 Å². The zero-order valence-corrected chi connectivity index (χ0v) is 10.0. The Kier molecular flexibility index (Phi) is 6.88. The summed E-state index contributed by atoms with van der Waals surface area (Å²) in [7, 11) is 0. The normalized spacial score (nSPS) is 12.2. The SMILES string of the molecule is CC(C)NCCC(=O)N[C@@H](CC(N)=O)C(=O)O. The summed E-state index contributed by atoms with van der Waals surface area (Å²) in [6, 6.07) is -0.997. The highest BCUT2D eigenvalue weighted by molar-refractivity contribution is 5.88. The molecule has 0 aromatic carbocycles. The molecule has 0 unspecified atom stereocenters. The van der Waals surface area contributed by atoms with E-state index < -0.39 is 30.2 Å². The maximum atomic E-state index is 11.4. The molecule has 0 radical (unpaired) electrons. The Morgan fingerprint density at radius 2 is 1.88 bits per heavy atom. The summed E-state index contributed by atoms with van der Waals surface area (Å²) < 4.78 is 0. The van der Waals surface area contributed by atoms with E-state index in [9.17, 15) is 14.4 Å². The van der Waals surface area contributed by atoms with Crippen molar-refractivity contribution in [2.45, 2.75) is 38.8 Å². The van der Waals surface area contributed by atoms with E-state index in [0.717, 1.165) is 0 Å². The number of rotatable bonds is 8. The van der Waals surface area contributed by atoms with Crippen molar-refractivity contribution in [2.75, 3.05) is 6.54 Å². The van der Waals surface area contributed by atoms with Gasteiger partial charge in [0.2, 0.25) is 11.8 Å². The fourth-order valence-electron chi connectivity index (χ4n) is 1.14. The van der Waals surface area contributed by atoms with Crippen molar-refractivity contribution in [2.24, 2.45) is 5.73 Å². The van der Waals surface area contributed by atoms with Gasteiger partial charge in [0, 0.05) is 19.0 Å². The van der Waals surface area contributed by atoms with Crippen LogP contribution in [0.25, 0.3) is 0 Å². The Balaban J connectivity index is 4.04. The van der Waals surface area contributed by atoms with Gasteiger partial charge in [-0.3, -0.25) is 9.59 Å². The van der Waals surface area contributed by atoms with Crippen LogP contribution in [0.15, 0.2) is 0 Å². The van der Waals surface area contributed by atoms with E-state index in [1.807, 2.05) is 13.8 Å². The standard InChI is InChI=1S/C10H19N3O4/c1-6(2)12-4-3-9(15)13-7(10(16)17)5-8(11)14/h6-7,12H,3-5H2,1-2H3,(H2,11,14)(H,13,15)(H,16,17)/t7-/m0/s1. The third kappa shape index (κ3) is 8.21. The minimum absolute atomic E-state index is 0.153. The van der Waals surface area contributed by atoms with E-state index >= 15 is 0 Å². The number of nitrogens with one attached hydrogen (secondary N) is 2. The molecule has 0 fully saturated rings. The second-order valence-electron chi connectivity index (χ2n) is 3.99. The molecule has 0 aromatic rings. The lowest BCUT2D eigenvalue weighted by molar-refractivity contribution is -0.143. The summed E-state index contributed by atoms with van der Waals surface area (Å²) in [5.74, 6) is -2.46. The summed E-state index contributed by atoms with van der Waals surface area (Å²) >= 11 is 0. The molecule has 0 saturated carbocycles. The smallest absolute Gasteiger partial charge is 0.326 e. The third-order valence-electron chi connectivity index (χ3n) is 1.94. The van der Waals surface area contributed by atoms with Gasteiger partial charge in [0.1, 0.15) is 6.04 Å². The van der Waals surface area contributed by atoms with Crippen LogP contribution in [0.2, 0.25) is 0 Å². The molecule has 0 aromatic heterocycles. The number of amides is 2. The van der Waals surface area contributed by atoms with Crippen LogP contribution in [0, 0.1) is 0 Å². The number of carbonyl (C=O) groups excluding carboxylic acids is 2. The van der Waals surface area contributed by atoms with Crippen LogP contribution in [0.3, 0.4) is 0 Å². The molecule has 0 aliphatic rings. The third-order valence-corrected chi connectivity index (χ3v) is 1.94. The van der Waals surface area contributed by atoms with E-state index in [2.05, 4.69) is 10.6 Å². The zero-order valence-electron chi connectivity index (χ0n) is 10.0. The maximum Gasteiger partial charge on any atom is 0.326 e. The van der Waals surface area contributed by atoms with Gasteiger partial charge in [-0.2, -0.15) is 0 Å². The Morgan fingerprint density at radius 3 is 2.29 bits per heavy atom. The lowest BCUT2D eigenvalue weighted by atomic mass is 10.2. The van der Waals surface area contributed by atoms with Gasteiger partial charge in [-0.05, 0) is 0 Å². The van der Waals surface area contributed by atoms with Gasteiger partial charge in [0.05, 0.1) is 6.42 Å². The zero-order chi connectivity index (χ0) is 13.4. The molecule has 0 spiro atoms. The molecule has 7 heteroatoms. The molecule has 7 nitrogen and oxygen atoms in total. The molecule has 0 rings (SSSR count). The van der Waals surface area contributed by atoms with Gasteiger partial charge < -0.3 is 21.5 Å². The van der Waals surface area contributed by atoms with E-state index in [-0.39, 0.29) is 12.5 Å². The van der Waals surface area contributed by atoms with E-state index in [1.165, 1.54) is 0 Å². The van der Waals surface area contributed by atoms with Crippen LogP contribution < -0.4 is 16.4 Å². The Labute approximate surface area is 99.7 Å². The van der Waals surface area contributed by atoms with E-state index in [0.29, 0.717) is 6.54 Å². The van der Waals surface area contributed by atoms with E-state index in [4.69, 9.17) is 10.8 Å². The second-order valence-corrected chi connectivity index (χ2v) is 3.99. The van der Waals surface area contributed by atoms with Crippen LogP contribution in [0.4, 0.5) is 0 Å². The summed E-state index contributed by atoms with van der Waals surface area (Å²) in [6.45, 7) is 4.32. The molecule has 0 saturated heterocycles. The maximum absolute atomic E-state index is 11.4. The predicted octanol–water partition coefficient (Wildman–Crippen LogP) is -1.18. The highest BCUT2D eigenvalue weighted by Crippen LogP contribution is 1.93. The van der Waals surface area contributed by atoms with Gasteiger partial charge in [-0.25, -0.2) is 4.79 Å². The summed E-state index contributed by atoms with van der Waals surface area (Å²) in [5.41, 5.74) is 4.88. The molecule has 0 aliphatic carbocycles. The molecule has 1 atom stereocenters. The molecule has 2 amide bonds. The first-order valence-electron chi connectivity index (χ1n) is 5.36. The number of carboxylic acid groups (broad SMARTS) is 1. The molecule has 5 N–H and O–H groups in total. The fourth-order valence-corrected chi connectivity index (χ4v) is 1.14. The average Bonchev–Trinajstić information content (AvgIpc) is 2.15. The highest BCUT2D eigenvalue weighted by atomic mass is 16.4. The molecule has 0 aliphatic heterocycles. The van der Waals surface area contributed by atoms with Gasteiger partial charge >= 0.3 is 5.97 Å². The first-order valence-corrected chi connectivity index (χ1v) is 5.36. The molecular formula is C10H19N3O4. The minimum atomic E-state index is -1.27. The van der Waals surface area contributed by atoms with Crippen molar-refractivity contribution < 1.29 is 19.5 Å². The number of primary amides is 1. The van der Waals surface area contributed by atoms with Crippen molar-refractivity contribution in [3.8, 4) is 0 Å². The number of carbonyl (C=O) groups is 3. The van der Waals surface area contributed by atoms with Crippen LogP contribution in [0.5, 0.6) is 0 Å². The average molecular weight is 245 g/mol. The van der Waals surface area contributed by atoms with Crippen molar-refractivity contribution >= 4 is 17.8 Å². The Morgan fingerprint density at radius 1 is 1.29 bits per heavy atom. The van der Waals surface area contributed by atoms with Crippen LogP contribution in [0.1, 0.15) is 26.7 Å². The van der Waals surface area contributed by atoms with Crippen molar-refractivity contribution in [1.82, 2.24) is 10.6 Å². The number of aliphatic carboxylic acids is 1. The van der Waals surface area contributed by atoms with Crippen molar-refractivity contribution in [3.63, 3.8) is 0 Å². The second kappa shape index (κ2) is 7.61. The largest absolute Gasteiger partial charge is 0.480 e. The summed E-state index contributed by atoms with van der Waals surface area (Å²) in [5, 5.41) is 14.0. The van der Waals surface area contributed by atoms with Gasteiger partial charge in [0.15, 0.2) is 0 Å². The van der Waals surface area contributed by atoms with Gasteiger partial charge in [-0.1, -0.05) is 13.8 Å². The molecular weight excluding hydrogens is 226 g/mol. The first kappa shape index (κ1) is 15.4. The Hall–Kier alpha value is -1.63. The van der Waals surface area contributed by atoms with Crippen molar-refractivity contribution in [1.29, 1.82) is 0 Å². The van der Waals surface area contributed by atoms with Gasteiger partial charge in [0.25, 0.3) is 0 Å². The first-order chi connectivity index (χ1) is 7.82. The van der Waals surface area contributed by atoms with E-state index in [1.54, 1.807) is 0 Å². The van der Waals surface area contributed by atoms with Crippen LogP contribution >= 0.6 is 0 Å². The van der Waals surface area contributed by atoms with Crippen LogP contribution in [-0.2, 0) is 14.4 Å². The minimum Gasteiger partial charge on any atom is -0.480 e. The topological polar surface area (TPSA) is 122 Å². The number of carboxylic acids is 1. The molecule has 0 bridgehead atoms. The lowest BCUT2D eigenvalue weighted by Gasteiger charge is -2.13. The number of hydrogen-bond acceptors (Lipinski definition) is 4. The number of hydrogen-bond donors (Lipinski definition) is 4. The molecule has 17 heavy (non-hydrogen) atoms. The monoisotopic (exact) mass is 245 g/mol. The fraction of sp³-hybridized carbons (Fsp3) is 0.700. The van der Waals surface area contributed by atoms with Crippen LogP contribution in [-0.4, -0.2) is 41.5 Å². The molecule has 0 heterocycles. The Bertz CT molecular complexity index is 291. The predicted molar refractivity (Wildman–Crippen MR) is 61.1 cm³/mol. The molecule has 98 valence electrons. The summed E-state index contributed by atoms with van der Waals surface area (Å²) in [4.78, 5) is 32.7. The lowest BCUT2D eigenvalue weighted by Crippen LogP contribution is -2.44. The van der Waals surface area contributed by atoms with Gasteiger partial charge in [-0.15, -0.1) is 0 Å². The summed E-state index contributed by atoms with van der Waals surface area (Å²) in [6.07, 6.45) is -0.251.